The second-order valence-corrected chi connectivity index (χ2v) is 7.00. The van der Waals surface area contributed by atoms with Crippen LogP contribution in [0.15, 0.2) is 64.4 Å². The van der Waals surface area contributed by atoms with Gasteiger partial charge in [-0.25, -0.2) is 0 Å². The highest BCUT2D eigenvalue weighted by atomic mass is 32.2. The predicted octanol–water partition coefficient (Wildman–Crippen LogP) is 4.51. The normalized spacial score (nSPS) is 16.4. The van der Waals surface area contributed by atoms with Crippen molar-refractivity contribution in [2.75, 3.05) is 5.32 Å². The lowest BCUT2D eigenvalue weighted by Crippen LogP contribution is -2.26. The molecule has 0 aromatic heterocycles. The Hall–Kier alpha value is -2.74. The summed E-state index contributed by atoms with van der Waals surface area (Å²) in [7, 11) is 0. The molecule has 27 heavy (non-hydrogen) atoms. The summed E-state index contributed by atoms with van der Waals surface area (Å²) in [4.78, 5) is 24.9. The van der Waals surface area contributed by atoms with E-state index in [-0.39, 0.29) is 16.6 Å². The summed E-state index contributed by atoms with van der Waals surface area (Å²) < 4.78 is 38.3. The Morgan fingerprint density at radius 2 is 1.89 bits per heavy atom. The number of amides is 2. The lowest BCUT2D eigenvalue weighted by Gasteiger charge is -2.20. The Bertz CT molecular complexity index is 911. The smallest absolute Gasteiger partial charge is 0.346 e. The van der Waals surface area contributed by atoms with Gasteiger partial charge in [0, 0.05) is 11.0 Å². The molecule has 1 heterocycles. The first kappa shape index (κ1) is 19.0. The number of alkyl halides is 3. The first-order valence-corrected chi connectivity index (χ1v) is 8.83. The number of carbonyl (C=O) groups is 2. The highest BCUT2D eigenvalue weighted by Crippen LogP contribution is 2.41. The first-order chi connectivity index (χ1) is 12.7. The van der Waals surface area contributed by atoms with Crippen molar-refractivity contribution in [1.29, 1.82) is 0 Å². The zero-order valence-corrected chi connectivity index (χ0v) is 14.9. The third-order valence-corrected chi connectivity index (χ3v) is 5.02. The molecule has 1 aliphatic rings. The number of halogens is 3. The fourth-order valence-corrected chi connectivity index (χ4v) is 3.44. The number of carbonyl (C=O) groups excluding carboxylic acids is 2. The van der Waals surface area contributed by atoms with Crippen LogP contribution in [0.25, 0.3) is 0 Å². The van der Waals surface area contributed by atoms with Crippen LogP contribution in [-0.4, -0.2) is 11.8 Å². The van der Waals surface area contributed by atoms with Crippen LogP contribution in [0.2, 0.25) is 0 Å². The number of rotatable bonds is 3. The largest absolute Gasteiger partial charge is 0.416 e. The third-order valence-electron chi connectivity index (χ3n) is 3.92. The zero-order valence-electron chi connectivity index (χ0n) is 14.1. The molecule has 2 aromatic rings. The second kappa shape index (κ2) is 7.48. The molecule has 1 aliphatic heterocycles. The van der Waals surface area contributed by atoms with Gasteiger partial charge in [0.15, 0.2) is 0 Å². The molecule has 3 rings (SSSR count). The highest BCUT2D eigenvalue weighted by Gasteiger charge is 2.32. The molecule has 0 spiro atoms. The maximum atomic E-state index is 12.8. The quantitative estimate of drug-likeness (QED) is 0.756. The fourth-order valence-electron chi connectivity index (χ4n) is 2.54. The monoisotopic (exact) mass is 392 g/mol. The van der Waals surface area contributed by atoms with E-state index in [9.17, 15) is 22.8 Å². The summed E-state index contributed by atoms with van der Waals surface area (Å²) in [5.41, 5.74) is 0.147. The van der Waals surface area contributed by atoms with Gasteiger partial charge in [0.05, 0.1) is 22.2 Å². The maximum absolute atomic E-state index is 12.8. The minimum absolute atomic E-state index is 0.0787. The fraction of sp³-hybridized carbons (Fsp3) is 0.158. The molecule has 0 radical (unpaired) electrons. The molecule has 2 aromatic carbocycles. The van der Waals surface area contributed by atoms with Gasteiger partial charge in [0.2, 0.25) is 5.91 Å². The number of thioether (sulfide) groups is 1. The van der Waals surface area contributed by atoms with E-state index in [1.807, 2.05) is 37.3 Å². The summed E-state index contributed by atoms with van der Waals surface area (Å²) in [6, 6.07) is 12.2. The van der Waals surface area contributed by atoms with E-state index in [1.54, 1.807) is 0 Å². The average Bonchev–Trinajstić information content (AvgIpc) is 2.61. The Morgan fingerprint density at radius 1 is 1.19 bits per heavy atom. The summed E-state index contributed by atoms with van der Waals surface area (Å²) in [6.07, 6.45) is -3.34. The average molecular weight is 392 g/mol. The van der Waals surface area contributed by atoms with Crippen LogP contribution >= 0.6 is 11.8 Å². The van der Waals surface area contributed by atoms with Crippen molar-refractivity contribution in [1.82, 2.24) is 5.32 Å². The summed E-state index contributed by atoms with van der Waals surface area (Å²) in [6.45, 7) is 1.81. The molecule has 0 saturated heterocycles. The van der Waals surface area contributed by atoms with Crippen LogP contribution < -0.4 is 10.6 Å². The van der Waals surface area contributed by atoms with Crippen LogP contribution in [-0.2, 0) is 15.8 Å². The highest BCUT2D eigenvalue weighted by molar-refractivity contribution is 8.04. The minimum Gasteiger partial charge on any atom is -0.346 e. The third kappa shape index (κ3) is 4.51. The van der Waals surface area contributed by atoms with E-state index >= 15 is 0 Å². The van der Waals surface area contributed by atoms with Crippen molar-refractivity contribution < 1.29 is 22.8 Å². The molecule has 0 bridgehead atoms. The maximum Gasteiger partial charge on any atom is 0.416 e. The topological polar surface area (TPSA) is 58.2 Å². The number of benzene rings is 2. The zero-order chi connectivity index (χ0) is 19.6. The van der Waals surface area contributed by atoms with Gasteiger partial charge >= 0.3 is 6.18 Å². The van der Waals surface area contributed by atoms with Gasteiger partial charge in [-0.15, -0.1) is 0 Å². The number of fused-ring (bicyclic) bond motifs is 1. The molecule has 1 atom stereocenters. The Morgan fingerprint density at radius 3 is 2.56 bits per heavy atom. The van der Waals surface area contributed by atoms with Gasteiger partial charge in [-0.1, -0.05) is 42.1 Å². The SMILES string of the molecule is C[C@@H](NC(=O)/C=C1/Sc2ccc(C(F)(F)F)cc2NC1=O)c1ccccc1. The van der Waals surface area contributed by atoms with Gasteiger partial charge < -0.3 is 10.6 Å². The van der Waals surface area contributed by atoms with E-state index in [0.29, 0.717) is 4.90 Å². The van der Waals surface area contributed by atoms with E-state index in [4.69, 9.17) is 0 Å². The second-order valence-electron chi connectivity index (χ2n) is 5.91. The lowest BCUT2D eigenvalue weighted by atomic mass is 10.1. The number of nitrogens with one attached hydrogen (secondary N) is 2. The van der Waals surface area contributed by atoms with Gasteiger partial charge in [-0.2, -0.15) is 13.2 Å². The molecule has 2 N–H and O–H groups in total. The molecular formula is C19H15F3N2O2S. The number of anilines is 1. The van der Waals surface area contributed by atoms with Crippen LogP contribution in [0, 0.1) is 0 Å². The Balaban J connectivity index is 1.74. The van der Waals surface area contributed by atoms with Crippen molar-refractivity contribution in [3.8, 4) is 0 Å². The molecule has 0 fully saturated rings. The number of hydrogen-bond donors (Lipinski definition) is 2. The molecular weight excluding hydrogens is 377 g/mol. The molecule has 8 heteroatoms. The van der Waals surface area contributed by atoms with E-state index in [1.165, 1.54) is 6.07 Å². The van der Waals surface area contributed by atoms with Gasteiger partial charge in [0.25, 0.3) is 5.91 Å². The van der Waals surface area contributed by atoms with Crippen LogP contribution in [0.3, 0.4) is 0 Å². The van der Waals surface area contributed by atoms with Crippen LogP contribution in [0.4, 0.5) is 18.9 Å². The predicted molar refractivity (Wildman–Crippen MR) is 97.0 cm³/mol. The van der Waals surface area contributed by atoms with E-state index in [2.05, 4.69) is 10.6 Å². The molecule has 0 aliphatic carbocycles. The summed E-state index contributed by atoms with van der Waals surface area (Å²) in [5.74, 6) is -1.08. The standard InChI is InChI=1S/C19H15F3N2O2S/c1-11(12-5-3-2-4-6-12)23-17(25)10-16-18(26)24-14-9-13(19(20,21)22)7-8-15(14)27-16/h2-11H,1H3,(H,23,25)(H,24,26)/b16-10+/t11-/m1/s1. The molecule has 140 valence electrons. The van der Waals surface area contributed by atoms with Crippen LogP contribution in [0.1, 0.15) is 24.1 Å². The van der Waals surface area contributed by atoms with E-state index < -0.39 is 23.6 Å². The molecule has 0 saturated carbocycles. The van der Waals surface area contributed by atoms with Crippen molar-refractivity contribution in [2.45, 2.75) is 24.0 Å². The van der Waals surface area contributed by atoms with Gasteiger partial charge in [-0.05, 0) is 30.7 Å². The minimum atomic E-state index is -4.49. The molecule has 0 unspecified atom stereocenters. The molecule has 4 nitrogen and oxygen atoms in total. The van der Waals surface area contributed by atoms with Crippen LogP contribution in [0.5, 0.6) is 0 Å². The van der Waals surface area contributed by atoms with E-state index in [0.717, 1.165) is 35.5 Å². The van der Waals surface area contributed by atoms with Crippen molar-refractivity contribution in [2.24, 2.45) is 0 Å². The summed E-state index contributed by atoms with van der Waals surface area (Å²) in [5, 5.41) is 5.16. The number of hydrogen-bond acceptors (Lipinski definition) is 3. The van der Waals surface area contributed by atoms with Gasteiger partial charge in [-0.3, -0.25) is 9.59 Å². The van der Waals surface area contributed by atoms with Gasteiger partial charge in [0.1, 0.15) is 0 Å². The summed E-state index contributed by atoms with van der Waals surface area (Å²) >= 11 is 0.957. The molecule has 2 amide bonds. The van der Waals surface area contributed by atoms with Crippen molar-refractivity contribution >= 4 is 29.3 Å². The Labute approximate surface area is 157 Å². The van der Waals surface area contributed by atoms with Crippen molar-refractivity contribution in [3.05, 3.63) is 70.6 Å². The first-order valence-electron chi connectivity index (χ1n) is 8.01. The Kier molecular flexibility index (Phi) is 5.27. The lowest BCUT2D eigenvalue weighted by molar-refractivity contribution is -0.137. The van der Waals surface area contributed by atoms with Crippen molar-refractivity contribution in [3.63, 3.8) is 0 Å².